The Morgan fingerprint density at radius 3 is 2.74 bits per heavy atom. The lowest BCUT2D eigenvalue weighted by molar-refractivity contribution is -0.145. The van der Waals surface area contributed by atoms with Gasteiger partial charge in [0, 0.05) is 15.3 Å². The third-order valence-electron chi connectivity index (χ3n) is 2.91. The topological polar surface area (TPSA) is 55.4 Å². The molecule has 2 aromatic carbocycles. The first-order valence-electron chi connectivity index (χ1n) is 6.77. The SMILES string of the molecule is C#CCNC(=O)COC(=O)CSc1cccc2cccc(Cl)c12. The lowest BCUT2D eigenvalue weighted by Gasteiger charge is -2.08. The molecule has 0 fully saturated rings. The summed E-state index contributed by atoms with van der Waals surface area (Å²) in [5.41, 5.74) is 0. The molecule has 0 heterocycles. The fraction of sp³-hybridized carbons (Fsp3) is 0.176. The number of halogens is 1. The highest BCUT2D eigenvalue weighted by molar-refractivity contribution is 8.00. The number of terminal acetylenes is 1. The summed E-state index contributed by atoms with van der Waals surface area (Å²) >= 11 is 7.55. The van der Waals surface area contributed by atoms with E-state index >= 15 is 0 Å². The second-order valence-electron chi connectivity index (χ2n) is 4.52. The second kappa shape index (κ2) is 8.47. The number of carbonyl (C=O) groups excluding carboxylic acids is 2. The molecule has 0 aliphatic carbocycles. The van der Waals surface area contributed by atoms with Gasteiger partial charge in [-0.25, -0.2) is 0 Å². The lowest BCUT2D eigenvalue weighted by Crippen LogP contribution is -2.29. The molecular formula is C17H14ClNO3S. The molecule has 0 saturated heterocycles. The summed E-state index contributed by atoms with van der Waals surface area (Å²) in [5, 5.41) is 4.96. The largest absolute Gasteiger partial charge is 0.455 e. The van der Waals surface area contributed by atoms with Crippen LogP contribution in [-0.2, 0) is 14.3 Å². The molecule has 0 aliphatic heterocycles. The Kier molecular flexibility index (Phi) is 6.33. The molecule has 118 valence electrons. The van der Waals surface area contributed by atoms with Crippen molar-refractivity contribution in [2.45, 2.75) is 4.90 Å². The van der Waals surface area contributed by atoms with Crippen molar-refractivity contribution in [3.05, 3.63) is 41.4 Å². The van der Waals surface area contributed by atoms with E-state index in [1.165, 1.54) is 11.8 Å². The van der Waals surface area contributed by atoms with E-state index < -0.39 is 11.9 Å². The fourth-order valence-corrected chi connectivity index (χ4v) is 3.15. The van der Waals surface area contributed by atoms with E-state index in [0.29, 0.717) is 5.02 Å². The number of hydrogen-bond acceptors (Lipinski definition) is 4. The van der Waals surface area contributed by atoms with Gasteiger partial charge in [-0.3, -0.25) is 9.59 Å². The average Bonchev–Trinajstić information content (AvgIpc) is 2.56. The van der Waals surface area contributed by atoms with Crippen LogP contribution in [0.1, 0.15) is 0 Å². The zero-order valence-electron chi connectivity index (χ0n) is 12.2. The van der Waals surface area contributed by atoms with E-state index in [-0.39, 0.29) is 18.9 Å². The van der Waals surface area contributed by atoms with Gasteiger partial charge in [0.25, 0.3) is 5.91 Å². The Labute approximate surface area is 143 Å². The molecule has 0 atom stereocenters. The van der Waals surface area contributed by atoms with Crippen LogP contribution in [0.5, 0.6) is 0 Å². The molecule has 0 bridgehead atoms. The zero-order chi connectivity index (χ0) is 16.7. The van der Waals surface area contributed by atoms with Crippen LogP contribution < -0.4 is 5.32 Å². The van der Waals surface area contributed by atoms with E-state index in [9.17, 15) is 9.59 Å². The first-order valence-corrected chi connectivity index (χ1v) is 8.14. The van der Waals surface area contributed by atoms with Gasteiger partial charge in [-0.15, -0.1) is 18.2 Å². The number of hydrogen-bond donors (Lipinski definition) is 1. The molecule has 2 aromatic rings. The Morgan fingerprint density at radius 1 is 1.26 bits per heavy atom. The summed E-state index contributed by atoms with van der Waals surface area (Å²) in [4.78, 5) is 23.9. The Bertz CT molecular complexity index is 765. The van der Waals surface area contributed by atoms with Gasteiger partial charge < -0.3 is 10.1 Å². The number of esters is 1. The van der Waals surface area contributed by atoms with Crippen molar-refractivity contribution in [2.75, 3.05) is 18.9 Å². The summed E-state index contributed by atoms with van der Waals surface area (Å²) in [6, 6.07) is 11.4. The minimum Gasteiger partial charge on any atom is -0.455 e. The summed E-state index contributed by atoms with van der Waals surface area (Å²) in [7, 11) is 0. The van der Waals surface area contributed by atoms with E-state index in [1.54, 1.807) is 0 Å². The molecule has 0 saturated carbocycles. The van der Waals surface area contributed by atoms with Crippen LogP contribution in [0.25, 0.3) is 10.8 Å². The molecule has 4 nitrogen and oxygen atoms in total. The molecule has 23 heavy (non-hydrogen) atoms. The van der Waals surface area contributed by atoms with Gasteiger partial charge in [0.1, 0.15) is 0 Å². The number of rotatable bonds is 6. The molecule has 0 aromatic heterocycles. The van der Waals surface area contributed by atoms with Crippen molar-refractivity contribution < 1.29 is 14.3 Å². The number of nitrogens with one attached hydrogen (secondary N) is 1. The normalized spacial score (nSPS) is 10.1. The maximum absolute atomic E-state index is 11.7. The fourth-order valence-electron chi connectivity index (χ4n) is 1.91. The quantitative estimate of drug-likeness (QED) is 0.496. The van der Waals surface area contributed by atoms with Crippen molar-refractivity contribution in [3.8, 4) is 12.3 Å². The Balaban J connectivity index is 1.93. The van der Waals surface area contributed by atoms with E-state index in [4.69, 9.17) is 22.8 Å². The third-order valence-corrected chi connectivity index (χ3v) is 4.26. The number of ether oxygens (including phenoxy) is 1. The van der Waals surface area contributed by atoms with E-state index in [2.05, 4.69) is 11.2 Å². The third kappa shape index (κ3) is 4.92. The van der Waals surface area contributed by atoms with Crippen molar-refractivity contribution in [1.82, 2.24) is 5.32 Å². The van der Waals surface area contributed by atoms with Crippen LogP contribution in [0.2, 0.25) is 5.02 Å². The highest BCUT2D eigenvalue weighted by Crippen LogP contribution is 2.33. The van der Waals surface area contributed by atoms with Crippen LogP contribution in [0.3, 0.4) is 0 Å². The minimum atomic E-state index is -0.477. The summed E-state index contributed by atoms with van der Waals surface area (Å²) in [6.07, 6.45) is 5.02. The predicted molar refractivity (Wildman–Crippen MR) is 92.5 cm³/mol. The molecule has 2 rings (SSSR count). The zero-order valence-corrected chi connectivity index (χ0v) is 13.7. The van der Waals surface area contributed by atoms with Crippen molar-refractivity contribution in [3.63, 3.8) is 0 Å². The van der Waals surface area contributed by atoms with E-state index in [1.807, 2.05) is 36.4 Å². The van der Waals surface area contributed by atoms with E-state index in [0.717, 1.165) is 15.7 Å². The van der Waals surface area contributed by atoms with Crippen LogP contribution in [0.4, 0.5) is 0 Å². The Hall–Kier alpha value is -2.16. The van der Waals surface area contributed by atoms with Gasteiger partial charge in [0.05, 0.1) is 12.3 Å². The molecule has 1 amide bonds. The lowest BCUT2D eigenvalue weighted by atomic mass is 10.1. The second-order valence-corrected chi connectivity index (χ2v) is 5.95. The highest BCUT2D eigenvalue weighted by Gasteiger charge is 2.10. The number of thioether (sulfide) groups is 1. The number of fused-ring (bicyclic) bond motifs is 1. The van der Waals surface area contributed by atoms with Crippen LogP contribution in [0, 0.1) is 12.3 Å². The van der Waals surface area contributed by atoms with Gasteiger partial charge in [-0.2, -0.15) is 0 Å². The van der Waals surface area contributed by atoms with Crippen LogP contribution in [0.15, 0.2) is 41.3 Å². The van der Waals surface area contributed by atoms with Gasteiger partial charge in [0.2, 0.25) is 0 Å². The first-order chi connectivity index (χ1) is 11.1. The number of benzene rings is 2. The molecule has 6 heteroatoms. The first kappa shape index (κ1) is 17.2. The van der Waals surface area contributed by atoms with Crippen LogP contribution >= 0.6 is 23.4 Å². The van der Waals surface area contributed by atoms with Gasteiger partial charge in [0.15, 0.2) is 6.61 Å². The molecule has 0 aliphatic rings. The van der Waals surface area contributed by atoms with Crippen molar-refractivity contribution in [1.29, 1.82) is 0 Å². The van der Waals surface area contributed by atoms with Crippen molar-refractivity contribution in [2.24, 2.45) is 0 Å². The highest BCUT2D eigenvalue weighted by atomic mass is 35.5. The van der Waals surface area contributed by atoms with Gasteiger partial charge in [-0.05, 0) is 17.5 Å². The van der Waals surface area contributed by atoms with Gasteiger partial charge in [-0.1, -0.05) is 41.8 Å². The smallest absolute Gasteiger partial charge is 0.316 e. The molecule has 0 unspecified atom stereocenters. The molecular weight excluding hydrogens is 334 g/mol. The maximum atomic E-state index is 11.7. The molecule has 0 radical (unpaired) electrons. The minimum absolute atomic E-state index is 0.0900. The monoisotopic (exact) mass is 347 g/mol. The van der Waals surface area contributed by atoms with Crippen LogP contribution in [-0.4, -0.2) is 30.8 Å². The summed E-state index contributed by atoms with van der Waals surface area (Å²) in [6.45, 7) is -0.225. The van der Waals surface area contributed by atoms with Gasteiger partial charge >= 0.3 is 5.97 Å². The maximum Gasteiger partial charge on any atom is 0.316 e. The summed E-state index contributed by atoms with van der Waals surface area (Å²) < 4.78 is 4.89. The van der Waals surface area contributed by atoms with Crippen molar-refractivity contribution >= 4 is 46.0 Å². The average molecular weight is 348 g/mol. The Morgan fingerprint density at radius 2 is 2.00 bits per heavy atom. The predicted octanol–water partition coefficient (Wildman–Crippen LogP) is 2.88. The standard InChI is InChI=1S/C17H14ClNO3S/c1-2-9-19-15(20)10-22-16(21)11-23-14-8-4-6-12-5-3-7-13(18)17(12)14/h1,3-8H,9-11H2,(H,19,20). The number of carbonyl (C=O) groups is 2. The molecule has 0 spiro atoms. The summed E-state index contributed by atoms with van der Waals surface area (Å²) in [5.74, 6) is 1.46. The number of amides is 1. The molecule has 1 N–H and O–H groups in total.